The van der Waals surface area contributed by atoms with Crippen molar-refractivity contribution in [3.05, 3.63) is 29.3 Å². The molecule has 0 atom stereocenters. The standard InChI is InChI=1S/C13H15F3N2O2S/c1-7(2)6-20-12(19)18-10-4-3-8(13(14,15)16)5-9(10)11(17)21/h3-5,7H,6H2,1-2H3,(H2,17,21)(H,18,19). The molecule has 0 saturated carbocycles. The number of ether oxygens (including phenoxy) is 1. The number of nitrogens with one attached hydrogen (secondary N) is 1. The lowest BCUT2D eigenvalue weighted by Crippen LogP contribution is -2.20. The van der Waals surface area contributed by atoms with Crippen LogP contribution in [0.25, 0.3) is 0 Å². The van der Waals surface area contributed by atoms with Crippen LogP contribution in [-0.4, -0.2) is 17.7 Å². The smallest absolute Gasteiger partial charge is 0.416 e. The van der Waals surface area contributed by atoms with Gasteiger partial charge in [0.25, 0.3) is 0 Å². The lowest BCUT2D eigenvalue weighted by Gasteiger charge is -2.14. The first kappa shape index (κ1) is 17.2. The minimum atomic E-state index is -4.52. The zero-order chi connectivity index (χ0) is 16.2. The van der Waals surface area contributed by atoms with Crippen molar-refractivity contribution in [2.24, 2.45) is 11.7 Å². The molecule has 4 nitrogen and oxygen atoms in total. The third-order valence-electron chi connectivity index (χ3n) is 2.40. The van der Waals surface area contributed by atoms with E-state index in [4.69, 9.17) is 22.7 Å². The normalized spacial score (nSPS) is 11.3. The van der Waals surface area contributed by atoms with Crippen molar-refractivity contribution in [2.45, 2.75) is 20.0 Å². The highest BCUT2D eigenvalue weighted by Gasteiger charge is 2.31. The zero-order valence-corrected chi connectivity index (χ0v) is 12.3. The number of carbonyl (C=O) groups excluding carboxylic acids is 1. The van der Waals surface area contributed by atoms with Crippen LogP contribution >= 0.6 is 12.2 Å². The molecule has 0 aliphatic carbocycles. The highest BCUT2D eigenvalue weighted by atomic mass is 32.1. The Morgan fingerprint density at radius 2 is 2.05 bits per heavy atom. The van der Waals surface area contributed by atoms with Gasteiger partial charge in [0.05, 0.1) is 17.9 Å². The second-order valence-electron chi connectivity index (χ2n) is 4.74. The zero-order valence-electron chi connectivity index (χ0n) is 11.5. The molecule has 1 aromatic rings. The third kappa shape index (κ3) is 5.22. The summed E-state index contributed by atoms with van der Waals surface area (Å²) in [5.74, 6) is 0.137. The molecule has 21 heavy (non-hydrogen) atoms. The Labute approximate surface area is 125 Å². The SMILES string of the molecule is CC(C)COC(=O)Nc1ccc(C(F)(F)F)cc1C(N)=S. The summed E-state index contributed by atoms with van der Waals surface area (Å²) in [5.41, 5.74) is 4.50. The summed E-state index contributed by atoms with van der Waals surface area (Å²) in [7, 11) is 0. The van der Waals surface area contributed by atoms with Gasteiger partial charge in [0, 0.05) is 5.56 Å². The third-order valence-corrected chi connectivity index (χ3v) is 2.62. The average Bonchev–Trinajstić information content (AvgIpc) is 2.35. The number of hydrogen-bond acceptors (Lipinski definition) is 3. The minimum absolute atomic E-state index is 0.0682. The van der Waals surface area contributed by atoms with E-state index < -0.39 is 17.8 Å². The number of benzene rings is 1. The van der Waals surface area contributed by atoms with E-state index in [0.717, 1.165) is 18.2 Å². The topological polar surface area (TPSA) is 64.3 Å². The van der Waals surface area contributed by atoms with Crippen LogP contribution in [0.2, 0.25) is 0 Å². The first-order valence-corrected chi connectivity index (χ1v) is 6.47. The van der Waals surface area contributed by atoms with Gasteiger partial charge in [-0.2, -0.15) is 13.2 Å². The van der Waals surface area contributed by atoms with Crippen molar-refractivity contribution in [1.29, 1.82) is 0 Å². The largest absolute Gasteiger partial charge is 0.449 e. The Kier molecular flexibility index (Phi) is 5.54. The van der Waals surface area contributed by atoms with E-state index in [1.54, 1.807) is 0 Å². The maximum Gasteiger partial charge on any atom is 0.416 e. The lowest BCUT2D eigenvalue weighted by atomic mass is 10.1. The molecule has 0 bridgehead atoms. The molecule has 0 fully saturated rings. The summed E-state index contributed by atoms with van der Waals surface area (Å²) >= 11 is 4.71. The monoisotopic (exact) mass is 320 g/mol. The summed E-state index contributed by atoms with van der Waals surface area (Å²) in [6, 6.07) is 2.72. The fourth-order valence-corrected chi connectivity index (χ4v) is 1.59. The van der Waals surface area contributed by atoms with E-state index >= 15 is 0 Å². The van der Waals surface area contributed by atoms with E-state index in [-0.39, 0.29) is 28.8 Å². The first-order valence-electron chi connectivity index (χ1n) is 6.06. The van der Waals surface area contributed by atoms with Gasteiger partial charge in [-0.3, -0.25) is 5.32 Å². The Morgan fingerprint density at radius 1 is 1.43 bits per heavy atom. The van der Waals surface area contributed by atoms with E-state index in [1.807, 2.05) is 13.8 Å². The molecule has 116 valence electrons. The van der Waals surface area contributed by atoms with Crippen LogP contribution in [0.3, 0.4) is 0 Å². The van der Waals surface area contributed by atoms with E-state index in [9.17, 15) is 18.0 Å². The van der Waals surface area contributed by atoms with Gasteiger partial charge in [-0.25, -0.2) is 4.79 Å². The minimum Gasteiger partial charge on any atom is -0.449 e. The second kappa shape index (κ2) is 6.75. The fraction of sp³-hybridized carbons (Fsp3) is 0.385. The van der Waals surface area contributed by atoms with Crippen LogP contribution in [-0.2, 0) is 10.9 Å². The van der Waals surface area contributed by atoms with Crippen LogP contribution in [0.1, 0.15) is 25.0 Å². The molecule has 1 amide bonds. The number of anilines is 1. The van der Waals surface area contributed by atoms with Crippen molar-refractivity contribution >= 4 is 29.0 Å². The van der Waals surface area contributed by atoms with Crippen molar-refractivity contribution < 1.29 is 22.7 Å². The summed E-state index contributed by atoms with van der Waals surface area (Å²) in [4.78, 5) is 11.3. The lowest BCUT2D eigenvalue weighted by molar-refractivity contribution is -0.137. The Hall–Kier alpha value is -1.83. The van der Waals surface area contributed by atoms with Crippen molar-refractivity contribution in [3.63, 3.8) is 0 Å². The van der Waals surface area contributed by atoms with Crippen molar-refractivity contribution in [2.75, 3.05) is 11.9 Å². The Bertz CT molecular complexity index is 545. The molecule has 1 rings (SSSR count). The molecule has 0 aliphatic heterocycles. The van der Waals surface area contributed by atoms with E-state index in [2.05, 4.69) is 5.32 Å². The summed E-state index contributed by atoms with van der Waals surface area (Å²) in [6.07, 6.45) is -5.29. The Morgan fingerprint density at radius 3 is 2.52 bits per heavy atom. The van der Waals surface area contributed by atoms with Gasteiger partial charge in [0.1, 0.15) is 4.99 Å². The molecule has 0 saturated heterocycles. The highest BCUT2D eigenvalue weighted by Crippen LogP contribution is 2.31. The molecule has 0 unspecified atom stereocenters. The molecule has 0 radical (unpaired) electrons. The second-order valence-corrected chi connectivity index (χ2v) is 5.18. The number of rotatable bonds is 4. The summed E-state index contributed by atoms with van der Waals surface area (Å²) < 4.78 is 42.8. The molecular weight excluding hydrogens is 305 g/mol. The number of amides is 1. The predicted molar refractivity (Wildman–Crippen MR) is 77.1 cm³/mol. The number of carbonyl (C=O) groups is 1. The molecular formula is C13H15F3N2O2S. The van der Waals surface area contributed by atoms with Crippen LogP contribution in [0, 0.1) is 5.92 Å². The van der Waals surface area contributed by atoms with Gasteiger partial charge in [-0.15, -0.1) is 0 Å². The number of alkyl halides is 3. The van der Waals surface area contributed by atoms with Crippen LogP contribution in [0.5, 0.6) is 0 Å². The fourth-order valence-electron chi connectivity index (χ4n) is 1.42. The van der Waals surface area contributed by atoms with Gasteiger partial charge in [0.15, 0.2) is 0 Å². The number of halogens is 3. The summed E-state index contributed by atoms with van der Waals surface area (Å²) in [6.45, 7) is 3.90. The number of nitrogens with two attached hydrogens (primary N) is 1. The van der Waals surface area contributed by atoms with Crippen LogP contribution < -0.4 is 11.1 Å². The predicted octanol–water partition coefficient (Wildman–Crippen LogP) is 3.54. The number of hydrogen-bond donors (Lipinski definition) is 2. The average molecular weight is 320 g/mol. The Balaban J connectivity index is 2.97. The molecule has 0 aromatic heterocycles. The van der Waals surface area contributed by atoms with Gasteiger partial charge in [-0.05, 0) is 24.1 Å². The van der Waals surface area contributed by atoms with Crippen LogP contribution in [0.15, 0.2) is 18.2 Å². The van der Waals surface area contributed by atoms with Gasteiger partial charge in [0.2, 0.25) is 0 Å². The summed E-state index contributed by atoms with van der Waals surface area (Å²) in [5, 5.41) is 2.33. The van der Waals surface area contributed by atoms with E-state index in [0.29, 0.717) is 0 Å². The molecule has 0 spiro atoms. The molecule has 3 N–H and O–H groups in total. The maximum atomic E-state index is 12.6. The molecule has 0 aliphatic rings. The van der Waals surface area contributed by atoms with Gasteiger partial charge in [-0.1, -0.05) is 26.1 Å². The van der Waals surface area contributed by atoms with Gasteiger partial charge < -0.3 is 10.5 Å². The van der Waals surface area contributed by atoms with Crippen molar-refractivity contribution in [1.82, 2.24) is 0 Å². The molecule has 8 heteroatoms. The van der Waals surface area contributed by atoms with Gasteiger partial charge >= 0.3 is 12.3 Å². The maximum absolute atomic E-state index is 12.6. The number of thiocarbonyl (C=S) groups is 1. The quantitative estimate of drug-likeness (QED) is 0.833. The first-order chi connectivity index (χ1) is 9.61. The molecule has 1 aromatic carbocycles. The highest BCUT2D eigenvalue weighted by molar-refractivity contribution is 7.80. The molecule has 0 heterocycles. The van der Waals surface area contributed by atoms with Crippen molar-refractivity contribution in [3.8, 4) is 0 Å². The van der Waals surface area contributed by atoms with E-state index in [1.165, 1.54) is 0 Å². The van der Waals surface area contributed by atoms with Crippen LogP contribution in [0.4, 0.5) is 23.7 Å².